The number of ether oxygens (including phenoxy) is 2. The Labute approximate surface area is 184 Å². The second kappa shape index (κ2) is 13.2. The first-order valence-corrected chi connectivity index (χ1v) is 9.17. The van der Waals surface area contributed by atoms with E-state index in [4.69, 9.17) is 9.47 Å². The van der Waals surface area contributed by atoms with Crippen LogP contribution in [0.15, 0.2) is 53.5 Å². The second-order valence-electron chi connectivity index (χ2n) is 6.08. The number of guanidine groups is 1. The Morgan fingerprint density at radius 2 is 1.68 bits per heavy atom. The lowest BCUT2D eigenvalue weighted by Gasteiger charge is -2.19. The highest BCUT2D eigenvalue weighted by Gasteiger charge is 2.09. The molecule has 0 heterocycles. The van der Waals surface area contributed by atoms with Crippen molar-refractivity contribution in [3.8, 4) is 11.5 Å². The largest absolute Gasteiger partial charge is 0.493 e. The van der Waals surface area contributed by atoms with Gasteiger partial charge in [-0.05, 0) is 37.1 Å². The third kappa shape index (κ3) is 7.55. The Hall–Kier alpha value is -2.00. The summed E-state index contributed by atoms with van der Waals surface area (Å²) < 4.78 is 11.3. The Balaban J connectivity index is 0.00000392. The molecule has 28 heavy (non-hydrogen) atoms. The van der Waals surface area contributed by atoms with Gasteiger partial charge in [0.2, 0.25) is 0 Å². The van der Waals surface area contributed by atoms with Crippen molar-refractivity contribution >= 4 is 29.9 Å². The van der Waals surface area contributed by atoms with Crippen molar-refractivity contribution < 1.29 is 14.6 Å². The first-order valence-electron chi connectivity index (χ1n) is 9.17. The zero-order chi connectivity index (χ0) is 19.5. The molecule has 0 saturated heterocycles. The van der Waals surface area contributed by atoms with Crippen molar-refractivity contribution in [1.82, 2.24) is 10.6 Å². The molecule has 7 heteroatoms. The summed E-state index contributed by atoms with van der Waals surface area (Å²) >= 11 is 0. The van der Waals surface area contributed by atoms with Crippen LogP contribution in [0.3, 0.4) is 0 Å². The fourth-order valence-electron chi connectivity index (χ4n) is 2.59. The second-order valence-corrected chi connectivity index (χ2v) is 6.08. The fourth-order valence-corrected chi connectivity index (χ4v) is 2.59. The summed E-state index contributed by atoms with van der Waals surface area (Å²) in [5.41, 5.74) is 1.90. The summed E-state index contributed by atoms with van der Waals surface area (Å²) in [5.74, 6) is 2.14. The molecule has 0 aliphatic heterocycles. The molecule has 0 aliphatic carbocycles. The molecule has 0 radical (unpaired) electrons. The molecule has 0 aromatic heterocycles. The van der Waals surface area contributed by atoms with Gasteiger partial charge in [0.25, 0.3) is 0 Å². The highest BCUT2D eigenvalue weighted by Crippen LogP contribution is 2.26. The number of benzene rings is 2. The number of nitrogens with zero attached hydrogens (tertiary/aromatic N) is 1. The summed E-state index contributed by atoms with van der Waals surface area (Å²) in [5, 5.41) is 16.0. The minimum absolute atomic E-state index is 0. The number of rotatable bonds is 9. The smallest absolute Gasteiger partial charge is 0.191 e. The van der Waals surface area contributed by atoms with E-state index in [2.05, 4.69) is 15.6 Å². The number of aliphatic imine (C=N–C) groups is 1. The summed E-state index contributed by atoms with van der Waals surface area (Å²) in [6.45, 7) is 5.87. The summed E-state index contributed by atoms with van der Waals surface area (Å²) in [6.07, 6.45) is -0.0742. The molecule has 0 bridgehead atoms. The van der Waals surface area contributed by atoms with Gasteiger partial charge in [-0.15, -0.1) is 24.0 Å². The number of aliphatic hydroxyl groups excluding tert-OH is 1. The van der Waals surface area contributed by atoms with Gasteiger partial charge >= 0.3 is 0 Å². The first-order chi connectivity index (χ1) is 13.2. The van der Waals surface area contributed by atoms with Crippen molar-refractivity contribution in [3.63, 3.8) is 0 Å². The lowest BCUT2D eigenvalue weighted by atomic mass is 10.1. The number of methoxy groups -OCH3 is 1. The van der Waals surface area contributed by atoms with E-state index in [0.29, 0.717) is 30.5 Å². The predicted molar refractivity (Wildman–Crippen MR) is 124 cm³/mol. The van der Waals surface area contributed by atoms with Crippen LogP contribution in [-0.4, -0.2) is 37.4 Å². The third-order valence-corrected chi connectivity index (χ3v) is 3.99. The molecule has 3 N–H and O–H groups in total. The van der Waals surface area contributed by atoms with Crippen molar-refractivity contribution in [1.29, 1.82) is 0 Å². The van der Waals surface area contributed by atoms with E-state index in [1.807, 2.05) is 62.4 Å². The van der Waals surface area contributed by atoms with Gasteiger partial charge in [-0.1, -0.05) is 36.4 Å². The van der Waals surface area contributed by atoms with Gasteiger partial charge in [0.15, 0.2) is 17.5 Å². The Morgan fingerprint density at radius 3 is 2.32 bits per heavy atom. The molecule has 2 aromatic carbocycles. The number of aliphatic hydroxyl groups is 1. The molecule has 6 nitrogen and oxygen atoms in total. The molecule has 1 unspecified atom stereocenters. The van der Waals surface area contributed by atoms with E-state index < -0.39 is 0 Å². The van der Waals surface area contributed by atoms with E-state index in [0.717, 1.165) is 17.7 Å². The molecule has 1 atom stereocenters. The minimum atomic E-state index is -0.0742. The summed E-state index contributed by atoms with van der Waals surface area (Å²) in [7, 11) is 1.63. The normalized spacial score (nSPS) is 11.9. The predicted octanol–water partition coefficient (Wildman–Crippen LogP) is 3.33. The van der Waals surface area contributed by atoms with Gasteiger partial charge in [0.05, 0.1) is 26.8 Å². The molecular weight excluding hydrogens is 469 g/mol. The van der Waals surface area contributed by atoms with Crippen molar-refractivity contribution in [3.05, 3.63) is 59.7 Å². The molecular formula is C21H30IN3O3. The molecule has 0 aliphatic rings. The third-order valence-electron chi connectivity index (χ3n) is 3.99. The molecule has 0 fully saturated rings. The van der Waals surface area contributed by atoms with Crippen molar-refractivity contribution in [2.45, 2.75) is 33.1 Å². The zero-order valence-electron chi connectivity index (χ0n) is 16.6. The standard InChI is InChI=1S/C21H29N3O3.HI/c1-4-22-21(24-14-17-9-5-6-10-18(17)15-25)23-13-16(2)27-20-12-8-7-11-19(20)26-3;/h5-12,16,25H,4,13-15H2,1-3H3,(H2,22,23,24);1H. The summed E-state index contributed by atoms with van der Waals surface area (Å²) in [4.78, 5) is 4.61. The molecule has 0 amide bonds. The molecule has 0 spiro atoms. The Bertz CT molecular complexity index is 740. The van der Waals surface area contributed by atoms with Crippen LogP contribution in [0, 0.1) is 0 Å². The van der Waals surface area contributed by atoms with E-state index in [1.165, 1.54) is 0 Å². The van der Waals surface area contributed by atoms with E-state index in [1.54, 1.807) is 7.11 Å². The van der Waals surface area contributed by atoms with Gasteiger partial charge in [-0.3, -0.25) is 0 Å². The number of halogens is 1. The van der Waals surface area contributed by atoms with Crippen LogP contribution >= 0.6 is 24.0 Å². The van der Waals surface area contributed by atoms with Crippen LogP contribution in [0.2, 0.25) is 0 Å². The molecule has 2 aromatic rings. The van der Waals surface area contributed by atoms with Crippen LogP contribution in [0.25, 0.3) is 0 Å². The maximum atomic E-state index is 9.44. The van der Waals surface area contributed by atoms with Crippen molar-refractivity contribution in [2.24, 2.45) is 4.99 Å². The van der Waals surface area contributed by atoms with Gasteiger partial charge in [-0.25, -0.2) is 4.99 Å². The Kier molecular flexibility index (Phi) is 11.4. The lowest BCUT2D eigenvalue weighted by Crippen LogP contribution is -2.41. The quantitative estimate of drug-likeness (QED) is 0.281. The lowest BCUT2D eigenvalue weighted by molar-refractivity contribution is 0.213. The van der Waals surface area contributed by atoms with Crippen molar-refractivity contribution in [2.75, 3.05) is 20.2 Å². The van der Waals surface area contributed by atoms with Crippen LogP contribution < -0.4 is 20.1 Å². The molecule has 154 valence electrons. The number of nitrogens with one attached hydrogen (secondary N) is 2. The summed E-state index contributed by atoms with van der Waals surface area (Å²) in [6, 6.07) is 15.4. The van der Waals surface area contributed by atoms with Gasteiger partial charge < -0.3 is 25.2 Å². The zero-order valence-corrected chi connectivity index (χ0v) is 19.0. The first kappa shape index (κ1) is 24.0. The molecule has 0 saturated carbocycles. The van der Waals surface area contributed by atoms with Gasteiger partial charge in [0.1, 0.15) is 6.10 Å². The number of para-hydroxylation sites is 2. The molecule has 2 rings (SSSR count). The monoisotopic (exact) mass is 499 g/mol. The average molecular weight is 499 g/mol. The maximum Gasteiger partial charge on any atom is 0.191 e. The SMILES string of the molecule is CCNC(=NCc1ccccc1CO)NCC(C)Oc1ccccc1OC.I. The van der Waals surface area contributed by atoms with E-state index in [-0.39, 0.29) is 36.7 Å². The fraction of sp³-hybridized carbons (Fsp3) is 0.381. The maximum absolute atomic E-state index is 9.44. The van der Waals surface area contributed by atoms with Crippen LogP contribution in [0.4, 0.5) is 0 Å². The topological polar surface area (TPSA) is 75.1 Å². The highest BCUT2D eigenvalue weighted by molar-refractivity contribution is 14.0. The van der Waals surface area contributed by atoms with E-state index in [9.17, 15) is 5.11 Å². The highest BCUT2D eigenvalue weighted by atomic mass is 127. The van der Waals surface area contributed by atoms with Crippen LogP contribution in [0.1, 0.15) is 25.0 Å². The van der Waals surface area contributed by atoms with Gasteiger partial charge in [-0.2, -0.15) is 0 Å². The van der Waals surface area contributed by atoms with Crippen LogP contribution in [-0.2, 0) is 13.2 Å². The minimum Gasteiger partial charge on any atom is -0.493 e. The van der Waals surface area contributed by atoms with E-state index >= 15 is 0 Å². The Morgan fingerprint density at radius 1 is 1.04 bits per heavy atom. The van der Waals surface area contributed by atoms with Gasteiger partial charge in [0, 0.05) is 6.54 Å². The van der Waals surface area contributed by atoms with Crippen LogP contribution in [0.5, 0.6) is 11.5 Å². The number of hydrogen-bond donors (Lipinski definition) is 3. The average Bonchev–Trinajstić information content (AvgIpc) is 2.70. The number of hydrogen-bond acceptors (Lipinski definition) is 4.